The molecule has 92 valence electrons. The fraction of sp³-hybridized carbons (Fsp3) is 0.500. The average Bonchev–Trinajstić information content (AvgIpc) is 2.87. The highest BCUT2D eigenvalue weighted by atomic mass is 16.6. The molecule has 0 unspecified atom stereocenters. The number of hydrogen-bond donors (Lipinski definition) is 3. The number of nitrogens with zero attached hydrogens (tertiary/aromatic N) is 1. The standard InChI is InChI=1S/C12H15NO4/c1-2-3-8-4-5-13(6-8)12-11(16)10(15)9(7-14)17-12/h4-6,9-12,14-16H,7H2,1H3/t9-,10-,11-,12-/m1/s1. The monoisotopic (exact) mass is 237 g/mol. The van der Waals surface area contributed by atoms with Crippen LogP contribution in [0.5, 0.6) is 0 Å². The maximum atomic E-state index is 9.81. The smallest absolute Gasteiger partial charge is 0.162 e. The zero-order chi connectivity index (χ0) is 12.4. The number of rotatable bonds is 2. The maximum Gasteiger partial charge on any atom is 0.162 e. The van der Waals surface area contributed by atoms with Gasteiger partial charge >= 0.3 is 0 Å². The van der Waals surface area contributed by atoms with Gasteiger partial charge in [-0.3, -0.25) is 0 Å². The third-order valence-corrected chi connectivity index (χ3v) is 2.79. The van der Waals surface area contributed by atoms with Gasteiger partial charge in [0.05, 0.1) is 6.61 Å². The zero-order valence-corrected chi connectivity index (χ0v) is 9.45. The van der Waals surface area contributed by atoms with E-state index in [1.807, 2.05) is 0 Å². The first-order valence-electron chi connectivity index (χ1n) is 5.40. The maximum absolute atomic E-state index is 9.81. The number of ether oxygens (including phenoxy) is 1. The van der Waals surface area contributed by atoms with Crippen LogP contribution in [-0.2, 0) is 4.74 Å². The molecular weight excluding hydrogens is 222 g/mol. The summed E-state index contributed by atoms with van der Waals surface area (Å²) in [5.74, 6) is 5.65. The lowest BCUT2D eigenvalue weighted by Crippen LogP contribution is -2.33. The highest BCUT2D eigenvalue weighted by Gasteiger charge is 2.42. The third-order valence-electron chi connectivity index (χ3n) is 2.79. The predicted octanol–water partition coefficient (Wildman–Crippen LogP) is -0.529. The minimum absolute atomic E-state index is 0.322. The Morgan fingerprint density at radius 3 is 2.76 bits per heavy atom. The van der Waals surface area contributed by atoms with Gasteiger partial charge in [0.2, 0.25) is 0 Å². The fourth-order valence-corrected chi connectivity index (χ4v) is 1.92. The molecule has 5 nitrogen and oxygen atoms in total. The van der Waals surface area contributed by atoms with Crippen molar-refractivity contribution in [1.82, 2.24) is 4.57 Å². The molecule has 0 amide bonds. The van der Waals surface area contributed by atoms with Crippen LogP contribution < -0.4 is 0 Å². The Morgan fingerprint density at radius 2 is 2.18 bits per heavy atom. The SMILES string of the molecule is CC#Cc1ccn([C@@H]2O[C@H](CO)[C@@H](O)[C@H]2O)c1. The molecule has 5 heteroatoms. The molecule has 1 saturated heterocycles. The summed E-state index contributed by atoms with van der Waals surface area (Å²) in [6, 6.07) is 1.80. The summed E-state index contributed by atoms with van der Waals surface area (Å²) in [7, 11) is 0. The molecule has 0 aromatic carbocycles. The van der Waals surface area contributed by atoms with Gasteiger partial charge in [-0.2, -0.15) is 0 Å². The predicted molar refractivity (Wildman–Crippen MR) is 60.0 cm³/mol. The van der Waals surface area contributed by atoms with Crippen LogP contribution in [0.25, 0.3) is 0 Å². The van der Waals surface area contributed by atoms with E-state index in [0.29, 0.717) is 0 Å². The summed E-state index contributed by atoms with van der Waals surface area (Å²) in [4.78, 5) is 0. The summed E-state index contributed by atoms with van der Waals surface area (Å²) in [5.41, 5.74) is 0.810. The highest BCUT2D eigenvalue weighted by Crippen LogP contribution is 2.29. The van der Waals surface area contributed by atoms with Gasteiger partial charge in [0, 0.05) is 18.0 Å². The van der Waals surface area contributed by atoms with Gasteiger partial charge in [-0.15, -0.1) is 5.92 Å². The van der Waals surface area contributed by atoms with Crippen LogP contribution in [0.1, 0.15) is 18.7 Å². The van der Waals surface area contributed by atoms with Crippen LogP contribution in [0, 0.1) is 11.8 Å². The molecule has 2 rings (SSSR count). The topological polar surface area (TPSA) is 74.9 Å². The Balaban J connectivity index is 2.18. The Labute approximate surface area is 99.3 Å². The van der Waals surface area contributed by atoms with Crippen molar-refractivity contribution < 1.29 is 20.1 Å². The Morgan fingerprint density at radius 1 is 1.41 bits per heavy atom. The van der Waals surface area contributed by atoms with Crippen molar-refractivity contribution in [3.8, 4) is 11.8 Å². The van der Waals surface area contributed by atoms with Gasteiger partial charge in [0.15, 0.2) is 6.23 Å². The molecule has 1 aliphatic rings. The van der Waals surface area contributed by atoms with E-state index >= 15 is 0 Å². The number of aliphatic hydroxyl groups is 3. The first-order chi connectivity index (χ1) is 8.17. The summed E-state index contributed by atoms with van der Waals surface area (Å²) >= 11 is 0. The Bertz CT molecular complexity index is 445. The quantitative estimate of drug-likeness (QED) is 0.605. The van der Waals surface area contributed by atoms with Gasteiger partial charge in [-0.05, 0) is 13.0 Å². The first kappa shape index (κ1) is 12.1. The van der Waals surface area contributed by atoms with E-state index in [-0.39, 0.29) is 6.61 Å². The molecular formula is C12H15NO4. The number of hydrogen-bond acceptors (Lipinski definition) is 4. The Kier molecular flexibility index (Phi) is 3.50. The lowest BCUT2D eigenvalue weighted by atomic mass is 10.1. The second kappa shape index (κ2) is 4.90. The second-order valence-electron chi connectivity index (χ2n) is 3.95. The Hall–Kier alpha value is -1.32. The normalized spacial score (nSPS) is 32.2. The van der Waals surface area contributed by atoms with E-state index in [0.717, 1.165) is 5.56 Å². The molecule has 2 heterocycles. The van der Waals surface area contributed by atoms with E-state index < -0.39 is 24.5 Å². The van der Waals surface area contributed by atoms with E-state index in [4.69, 9.17) is 9.84 Å². The van der Waals surface area contributed by atoms with Crippen LogP contribution in [0.15, 0.2) is 18.5 Å². The summed E-state index contributed by atoms with van der Waals surface area (Å²) in [6.45, 7) is 1.42. The summed E-state index contributed by atoms with van der Waals surface area (Å²) in [6.07, 6.45) is -0.112. The minimum Gasteiger partial charge on any atom is -0.394 e. The molecule has 1 aromatic heterocycles. The van der Waals surface area contributed by atoms with Crippen molar-refractivity contribution >= 4 is 0 Å². The lowest BCUT2D eigenvalue weighted by Gasteiger charge is -2.16. The molecule has 17 heavy (non-hydrogen) atoms. The van der Waals surface area contributed by atoms with Crippen LogP contribution in [0.2, 0.25) is 0 Å². The molecule has 0 aliphatic carbocycles. The average molecular weight is 237 g/mol. The number of aromatic nitrogens is 1. The number of aliphatic hydroxyl groups excluding tert-OH is 3. The molecule has 1 fully saturated rings. The van der Waals surface area contributed by atoms with Crippen molar-refractivity contribution in [3.05, 3.63) is 24.0 Å². The molecule has 0 radical (unpaired) electrons. The van der Waals surface area contributed by atoms with Crippen molar-refractivity contribution in [3.63, 3.8) is 0 Å². The van der Waals surface area contributed by atoms with Crippen LogP contribution in [-0.4, -0.2) is 44.8 Å². The van der Waals surface area contributed by atoms with Gasteiger partial charge in [0.25, 0.3) is 0 Å². The molecule has 0 saturated carbocycles. The second-order valence-corrected chi connectivity index (χ2v) is 3.95. The van der Waals surface area contributed by atoms with Crippen molar-refractivity contribution in [1.29, 1.82) is 0 Å². The van der Waals surface area contributed by atoms with Crippen LogP contribution in [0.4, 0.5) is 0 Å². The highest BCUT2D eigenvalue weighted by molar-refractivity contribution is 5.31. The lowest BCUT2D eigenvalue weighted by molar-refractivity contribution is -0.0525. The van der Waals surface area contributed by atoms with E-state index in [9.17, 15) is 10.2 Å². The largest absolute Gasteiger partial charge is 0.394 e. The molecule has 0 bridgehead atoms. The fourth-order valence-electron chi connectivity index (χ4n) is 1.92. The van der Waals surface area contributed by atoms with Gasteiger partial charge < -0.3 is 24.6 Å². The molecule has 0 spiro atoms. The van der Waals surface area contributed by atoms with Crippen LogP contribution >= 0.6 is 0 Å². The van der Waals surface area contributed by atoms with E-state index in [1.165, 1.54) is 0 Å². The zero-order valence-electron chi connectivity index (χ0n) is 9.45. The first-order valence-corrected chi connectivity index (χ1v) is 5.40. The molecule has 4 atom stereocenters. The molecule has 1 aromatic rings. The van der Waals surface area contributed by atoms with E-state index in [1.54, 1.807) is 30.0 Å². The van der Waals surface area contributed by atoms with E-state index in [2.05, 4.69) is 11.8 Å². The van der Waals surface area contributed by atoms with Crippen LogP contribution in [0.3, 0.4) is 0 Å². The molecule has 1 aliphatic heterocycles. The summed E-state index contributed by atoms with van der Waals surface area (Å²) < 4.78 is 7.02. The van der Waals surface area contributed by atoms with Gasteiger partial charge in [-0.1, -0.05) is 5.92 Å². The van der Waals surface area contributed by atoms with Crippen molar-refractivity contribution in [2.75, 3.05) is 6.61 Å². The minimum atomic E-state index is -1.08. The van der Waals surface area contributed by atoms with Gasteiger partial charge in [-0.25, -0.2) is 0 Å². The third kappa shape index (κ3) is 2.21. The summed E-state index contributed by atoms with van der Waals surface area (Å²) in [5, 5.41) is 28.4. The molecule has 3 N–H and O–H groups in total. The van der Waals surface area contributed by atoms with Crippen molar-refractivity contribution in [2.24, 2.45) is 0 Å². The van der Waals surface area contributed by atoms with Crippen molar-refractivity contribution in [2.45, 2.75) is 31.5 Å². The van der Waals surface area contributed by atoms with Gasteiger partial charge in [0.1, 0.15) is 18.3 Å².